The fourth-order valence-corrected chi connectivity index (χ4v) is 3.22. The van der Waals surface area contributed by atoms with Crippen molar-refractivity contribution in [2.75, 3.05) is 44.7 Å². The Labute approximate surface area is 128 Å². The zero-order chi connectivity index (χ0) is 15.1. The van der Waals surface area contributed by atoms with Crippen LogP contribution in [0.25, 0.3) is 0 Å². The van der Waals surface area contributed by atoms with Crippen molar-refractivity contribution in [1.82, 2.24) is 15.1 Å². The summed E-state index contributed by atoms with van der Waals surface area (Å²) in [6.07, 6.45) is 2.62. The molecule has 0 atom stereocenters. The summed E-state index contributed by atoms with van der Waals surface area (Å²) in [7, 11) is 1.62. The third-order valence-corrected chi connectivity index (χ3v) is 4.43. The summed E-state index contributed by atoms with van der Waals surface area (Å²) in [5, 5.41) is 18.7. The van der Waals surface area contributed by atoms with Crippen molar-refractivity contribution in [3.63, 3.8) is 0 Å². The second kappa shape index (κ2) is 8.26. The molecule has 21 heavy (non-hydrogen) atoms. The van der Waals surface area contributed by atoms with Gasteiger partial charge < -0.3 is 19.6 Å². The van der Waals surface area contributed by atoms with Gasteiger partial charge in [0.1, 0.15) is 11.6 Å². The molecular formula is C13H22N4O3S. The van der Waals surface area contributed by atoms with E-state index >= 15 is 0 Å². The minimum absolute atomic E-state index is 0.110. The lowest BCUT2D eigenvalue weighted by Crippen LogP contribution is -2.35. The van der Waals surface area contributed by atoms with E-state index in [1.165, 1.54) is 24.2 Å². The van der Waals surface area contributed by atoms with Crippen LogP contribution in [0.15, 0.2) is 0 Å². The number of hydrogen-bond donors (Lipinski definition) is 1. The maximum Gasteiger partial charge on any atom is 0.305 e. The van der Waals surface area contributed by atoms with Crippen LogP contribution in [-0.4, -0.2) is 66.0 Å². The first-order valence-electron chi connectivity index (χ1n) is 7.19. The van der Waals surface area contributed by atoms with Gasteiger partial charge in [0.25, 0.3) is 0 Å². The molecule has 7 nitrogen and oxygen atoms in total. The molecule has 0 amide bonds. The van der Waals surface area contributed by atoms with Crippen molar-refractivity contribution in [3.05, 3.63) is 5.01 Å². The highest BCUT2D eigenvalue weighted by Gasteiger charge is 2.17. The van der Waals surface area contributed by atoms with Gasteiger partial charge in [0, 0.05) is 26.7 Å². The lowest BCUT2D eigenvalue weighted by atomic mass is 10.4. The topological polar surface area (TPSA) is 78.8 Å². The Morgan fingerprint density at radius 1 is 1.38 bits per heavy atom. The molecular weight excluding hydrogens is 292 g/mol. The molecule has 0 aliphatic carbocycles. The zero-order valence-electron chi connectivity index (χ0n) is 12.3. The van der Waals surface area contributed by atoms with Gasteiger partial charge in [-0.05, 0) is 25.9 Å². The molecule has 0 unspecified atom stereocenters. The largest absolute Gasteiger partial charge is 0.481 e. The number of rotatable bonds is 9. The molecule has 1 aromatic rings. The van der Waals surface area contributed by atoms with E-state index in [0.29, 0.717) is 13.2 Å². The van der Waals surface area contributed by atoms with Gasteiger partial charge in [-0.25, -0.2) is 0 Å². The second-order valence-corrected chi connectivity index (χ2v) is 6.13. The molecule has 2 rings (SSSR count). The number of carboxylic acid groups (broad SMARTS) is 1. The van der Waals surface area contributed by atoms with Crippen molar-refractivity contribution in [3.8, 4) is 0 Å². The standard InChI is InChI=1S/C13H22N4O3S/c1-20-10-11-14-15-13(21-11)17(7-4-12(18)19)9-8-16-5-2-3-6-16/h2-10H2,1H3,(H,18,19). The van der Waals surface area contributed by atoms with Crippen molar-refractivity contribution >= 4 is 22.4 Å². The van der Waals surface area contributed by atoms with Gasteiger partial charge in [-0.3, -0.25) is 4.79 Å². The van der Waals surface area contributed by atoms with Gasteiger partial charge in [-0.2, -0.15) is 0 Å². The number of carbonyl (C=O) groups is 1. The van der Waals surface area contributed by atoms with Gasteiger partial charge >= 0.3 is 5.97 Å². The first-order valence-corrected chi connectivity index (χ1v) is 8.01. The summed E-state index contributed by atoms with van der Waals surface area (Å²) in [6, 6.07) is 0. The summed E-state index contributed by atoms with van der Waals surface area (Å²) >= 11 is 1.47. The molecule has 0 bridgehead atoms. The highest BCUT2D eigenvalue weighted by atomic mass is 32.1. The average Bonchev–Trinajstić information content (AvgIpc) is 3.10. The van der Waals surface area contributed by atoms with Gasteiger partial charge in [0.15, 0.2) is 0 Å². The Bertz CT molecular complexity index is 448. The highest BCUT2D eigenvalue weighted by molar-refractivity contribution is 7.15. The number of aliphatic carboxylic acids is 1. The molecule has 0 radical (unpaired) electrons. The van der Waals surface area contributed by atoms with E-state index in [2.05, 4.69) is 15.1 Å². The second-order valence-electron chi connectivity index (χ2n) is 5.09. The van der Waals surface area contributed by atoms with E-state index in [1.807, 2.05) is 4.90 Å². The number of carboxylic acids is 1. The zero-order valence-corrected chi connectivity index (χ0v) is 13.1. The number of methoxy groups -OCH3 is 1. The van der Waals surface area contributed by atoms with Crippen LogP contribution in [0.3, 0.4) is 0 Å². The van der Waals surface area contributed by atoms with Crippen LogP contribution in [0.4, 0.5) is 5.13 Å². The molecule has 1 aliphatic rings. The Morgan fingerprint density at radius 3 is 2.81 bits per heavy atom. The third kappa shape index (κ3) is 5.22. The lowest BCUT2D eigenvalue weighted by molar-refractivity contribution is -0.136. The summed E-state index contributed by atoms with van der Waals surface area (Å²) in [4.78, 5) is 15.2. The fraction of sp³-hybridized carbons (Fsp3) is 0.769. The SMILES string of the molecule is COCc1nnc(N(CCC(=O)O)CCN2CCCC2)s1. The first-order chi connectivity index (χ1) is 10.2. The smallest absolute Gasteiger partial charge is 0.305 e. The van der Waals surface area contributed by atoms with E-state index in [0.717, 1.165) is 36.3 Å². The maximum atomic E-state index is 10.8. The van der Waals surface area contributed by atoms with Crippen LogP contribution < -0.4 is 4.90 Å². The van der Waals surface area contributed by atoms with Crippen molar-refractivity contribution < 1.29 is 14.6 Å². The number of nitrogens with zero attached hydrogens (tertiary/aromatic N) is 4. The number of hydrogen-bond acceptors (Lipinski definition) is 7. The van der Waals surface area contributed by atoms with E-state index in [9.17, 15) is 4.79 Å². The lowest BCUT2D eigenvalue weighted by Gasteiger charge is -2.23. The molecule has 2 heterocycles. The van der Waals surface area contributed by atoms with Gasteiger partial charge in [0.05, 0.1) is 6.42 Å². The Morgan fingerprint density at radius 2 is 2.14 bits per heavy atom. The predicted molar refractivity (Wildman–Crippen MR) is 80.8 cm³/mol. The minimum atomic E-state index is -0.789. The van der Waals surface area contributed by atoms with Crippen molar-refractivity contribution in [2.24, 2.45) is 0 Å². The van der Waals surface area contributed by atoms with E-state index in [4.69, 9.17) is 9.84 Å². The molecule has 1 saturated heterocycles. The number of aromatic nitrogens is 2. The highest BCUT2D eigenvalue weighted by Crippen LogP contribution is 2.21. The molecule has 118 valence electrons. The summed E-state index contributed by atoms with van der Waals surface area (Å²) in [5.41, 5.74) is 0. The maximum absolute atomic E-state index is 10.8. The molecule has 1 aromatic heterocycles. The van der Waals surface area contributed by atoms with E-state index in [1.54, 1.807) is 7.11 Å². The Kier molecular flexibility index (Phi) is 6.34. The minimum Gasteiger partial charge on any atom is -0.481 e. The molecule has 0 aromatic carbocycles. The normalized spacial score (nSPS) is 15.5. The van der Waals surface area contributed by atoms with E-state index in [-0.39, 0.29) is 6.42 Å². The van der Waals surface area contributed by atoms with E-state index < -0.39 is 5.97 Å². The molecule has 0 saturated carbocycles. The monoisotopic (exact) mass is 314 g/mol. The number of likely N-dealkylation sites (tertiary alicyclic amines) is 1. The van der Waals surface area contributed by atoms with Crippen LogP contribution in [0.1, 0.15) is 24.3 Å². The van der Waals surface area contributed by atoms with Crippen LogP contribution in [-0.2, 0) is 16.1 Å². The van der Waals surface area contributed by atoms with Crippen LogP contribution in [0.2, 0.25) is 0 Å². The molecule has 8 heteroatoms. The third-order valence-electron chi connectivity index (χ3n) is 3.47. The Hall–Kier alpha value is -1.25. The van der Waals surface area contributed by atoms with Crippen LogP contribution >= 0.6 is 11.3 Å². The number of ether oxygens (including phenoxy) is 1. The summed E-state index contributed by atoms with van der Waals surface area (Å²) in [6.45, 7) is 4.91. The predicted octanol–water partition coefficient (Wildman–Crippen LogP) is 1.06. The van der Waals surface area contributed by atoms with Crippen molar-refractivity contribution in [1.29, 1.82) is 0 Å². The van der Waals surface area contributed by atoms with Crippen LogP contribution in [0, 0.1) is 0 Å². The van der Waals surface area contributed by atoms with Gasteiger partial charge in [-0.15, -0.1) is 10.2 Å². The van der Waals surface area contributed by atoms with Gasteiger partial charge in [-0.1, -0.05) is 11.3 Å². The molecule has 1 fully saturated rings. The molecule has 1 N–H and O–H groups in total. The quantitative estimate of drug-likeness (QED) is 0.730. The summed E-state index contributed by atoms with van der Waals surface area (Å²) < 4.78 is 5.05. The average molecular weight is 314 g/mol. The van der Waals surface area contributed by atoms with Gasteiger partial charge in [0.2, 0.25) is 5.13 Å². The Balaban J connectivity index is 1.93. The molecule has 0 spiro atoms. The summed E-state index contributed by atoms with van der Waals surface area (Å²) in [5.74, 6) is -0.789. The first kappa shape index (κ1) is 16.1. The molecule has 1 aliphatic heterocycles. The van der Waals surface area contributed by atoms with Crippen LogP contribution in [0.5, 0.6) is 0 Å². The fourth-order valence-electron chi connectivity index (χ4n) is 2.36. The number of anilines is 1. The van der Waals surface area contributed by atoms with Crippen molar-refractivity contribution in [2.45, 2.75) is 25.9 Å².